The smallest absolute Gasteiger partial charge is 0.410 e. The molecule has 1 N–H and O–H groups in total. The van der Waals surface area contributed by atoms with E-state index in [4.69, 9.17) is 14.6 Å². The molecule has 0 saturated carbocycles. The lowest BCUT2D eigenvalue weighted by atomic mass is 10.1. The van der Waals surface area contributed by atoms with E-state index in [9.17, 15) is 9.59 Å². The fraction of sp³-hybridized carbons (Fsp3) is 0.241. The second kappa shape index (κ2) is 11.2. The summed E-state index contributed by atoms with van der Waals surface area (Å²) in [7, 11) is 1.35. The zero-order chi connectivity index (χ0) is 26.5. The van der Waals surface area contributed by atoms with Gasteiger partial charge in [-0.05, 0) is 23.1 Å². The zero-order valence-electron chi connectivity index (χ0n) is 21.3. The first kappa shape index (κ1) is 25.0. The summed E-state index contributed by atoms with van der Waals surface area (Å²) in [5, 5.41) is 8.14. The largest absolute Gasteiger partial charge is 0.465 e. The van der Waals surface area contributed by atoms with Crippen LogP contribution in [0.15, 0.2) is 85.3 Å². The number of hydrogen-bond acceptors (Lipinski definition) is 7. The van der Waals surface area contributed by atoms with Crippen molar-refractivity contribution in [1.29, 1.82) is 0 Å². The maximum absolute atomic E-state index is 12.9. The van der Waals surface area contributed by atoms with Crippen LogP contribution in [0.2, 0.25) is 0 Å². The second-order valence-corrected chi connectivity index (χ2v) is 9.25. The molecule has 1 amide bonds. The molecule has 2 atom stereocenters. The number of pyridine rings is 1. The highest BCUT2D eigenvalue weighted by atomic mass is 16.6. The Morgan fingerprint density at radius 3 is 2.47 bits per heavy atom. The molecule has 9 heteroatoms. The molecule has 1 aliphatic heterocycles. The molecule has 9 nitrogen and oxygen atoms in total. The minimum Gasteiger partial charge on any atom is -0.465 e. The fourth-order valence-electron chi connectivity index (χ4n) is 4.70. The Labute approximate surface area is 221 Å². The van der Waals surface area contributed by atoms with Crippen molar-refractivity contribution in [2.45, 2.75) is 19.6 Å². The molecule has 0 bridgehead atoms. The third kappa shape index (κ3) is 5.22. The van der Waals surface area contributed by atoms with Crippen LogP contribution in [0.3, 0.4) is 0 Å². The van der Waals surface area contributed by atoms with Crippen molar-refractivity contribution >= 4 is 23.6 Å². The van der Waals surface area contributed by atoms with Gasteiger partial charge in [0, 0.05) is 24.8 Å². The summed E-state index contributed by atoms with van der Waals surface area (Å²) < 4.78 is 12.4. The monoisotopic (exact) mass is 511 g/mol. The van der Waals surface area contributed by atoms with E-state index in [2.05, 4.69) is 17.2 Å². The highest BCUT2D eigenvalue weighted by molar-refractivity contribution is 5.96. The first-order valence-corrected chi connectivity index (χ1v) is 12.4. The van der Waals surface area contributed by atoms with Crippen LogP contribution >= 0.6 is 0 Å². The third-order valence-electron chi connectivity index (χ3n) is 6.71. The number of carbonyl (C=O) groups is 2. The number of hydrogen-bond donors (Lipinski definition) is 1. The summed E-state index contributed by atoms with van der Waals surface area (Å²) >= 11 is 0. The summed E-state index contributed by atoms with van der Waals surface area (Å²) in [6, 6.07) is 21.0. The number of nitrogens with zero attached hydrogens (tertiary/aromatic N) is 4. The molecule has 5 rings (SSSR count). The standard InChI is InChI=1S/C29H29N5O4/c1-20-17-33(29(36)38-19-21-9-5-3-6-10-21)18-26(20)34-27(24(15-31-34)22-11-7-4-8-12-22)32-25-16-30-14-13-23(25)28(35)37-2/h3-16,20,26,32H,17-19H2,1-2H3/t20-,26-/m1/s1. The number of benzene rings is 2. The van der Waals surface area contributed by atoms with Crippen molar-refractivity contribution in [2.75, 3.05) is 25.5 Å². The van der Waals surface area contributed by atoms with Gasteiger partial charge in [0.15, 0.2) is 0 Å². The van der Waals surface area contributed by atoms with Gasteiger partial charge in [-0.1, -0.05) is 67.6 Å². The summed E-state index contributed by atoms with van der Waals surface area (Å²) in [6.45, 7) is 3.29. The van der Waals surface area contributed by atoms with Crippen LogP contribution in [0.5, 0.6) is 0 Å². The van der Waals surface area contributed by atoms with Crippen molar-refractivity contribution in [3.8, 4) is 11.1 Å². The predicted molar refractivity (Wildman–Crippen MR) is 143 cm³/mol. The topological polar surface area (TPSA) is 98.6 Å². The third-order valence-corrected chi connectivity index (χ3v) is 6.71. The Bertz CT molecular complexity index is 1410. The fourth-order valence-corrected chi connectivity index (χ4v) is 4.70. The number of aromatic nitrogens is 3. The average Bonchev–Trinajstić information content (AvgIpc) is 3.55. The molecule has 1 saturated heterocycles. The van der Waals surface area contributed by atoms with Crippen molar-refractivity contribution in [2.24, 2.45) is 5.92 Å². The van der Waals surface area contributed by atoms with E-state index in [1.54, 1.807) is 29.6 Å². The average molecular weight is 512 g/mol. The first-order chi connectivity index (χ1) is 18.5. The number of esters is 1. The van der Waals surface area contributed by atoms with Gasteiger partial charge in [0.25, 0.3) is 0 Å². The van der Waals surface area contributed by atoms with Crippen LogP contribution in [0.1, 0.15) is 28.9 Å². The Morgan fingerprint density at radius 2 is 1.74 bits per heavy atom. The predicted octanol–water partition coefficient (Wildman–Crippen LogP) is 5.30. The van der Waals surface area contributed by atoms with Gasteiger partial charge in [-0.15, -0.1) is 0 Å². The molecular weight excluding hydrogens is 482 g/mol. The van der Waals surface area contributed by atoms with Crippen LogP contribution in [-0.4, -0.2) is 51.9 Å². The Balaban J connectivity index is 1.43. The van der Waals surface area contributed by atoms with E-state index in [0.29, 0.717) is 30.2 Å². The molecule has 1 fully saturated rings. The maximum atomic E-state index is 12.9. The van der Waals surface area contributed by atoms with Gasteiger partial charge in [0.2, 0.25) is 0 Å². The summed E-state index contributed by atoms with van der Waals surface area (Å²) in [4.78, 5) is 31.2. The Hall–Kier alpha value is -4.66. The Kier molecular flexibility index (Phi) is 7.35. The van der Waals surface area contributed by atoms with E-state index in [0.717, 1.165) is 16.7 Å². The lowest BCUT2D eigenvalue weighted by Gasteiger charge is -2.21. The number of methoxy groups -OCH3 is 1. The molecule has 1 aliphatic rings. The lowest BCUT2D eigenvalue weighted by molar-refractivity contribution is 0.0601. The lowest BCUT2D eigenvalue weighted by Crippen LogP contribution is -2.30. The highest BCUT2D eigenvalue weighted by Crippen LogP contribution is 2.37. The summed E-state index contributed by atoms with van der Waals surface area (Å²) in [6.07, 6.45) is 4.58. The van der Waals surface area contributed by atoms with Gasteiger partial charge in [0.05, 0.1) is 36.8 Å². The maximum Gasteiger partial charge on any atom is 0.410 e. The number of ether oxygens (including phenoxy) is 2. The molecule has 4 aromatic rings. The van der Waals surface area contributed by atoms with E-state index in [1.807, 2.05) is 65.3 Å². The van der Waals surface area contributed by atoms with Gasteiger partial charge < -0.3 is 19.7 Å². The van der Waals surface area contributed by atoms with Crippen LogP contribution in [0, 0.1) is 5.92 Å². The molecule has 2 aromatic heterocycles. The second-order valence-electron chi connectivity index (χ2n) is 9.25. The minimum absolute atomic E-state index is 0.109. The molecule has 3 heterocycles. The SMILES string of the molecule is COC(=O)c1ccncc1Nc1c(-c2ccccc2)cnn1[C@@H]1CN(C(=O)OCc2ccccc2)C[C@H]1C. The molecule has 0 radical (unpaired) electrons. The van der Waals surface area contributed by atoms with E-state index >= 15 is 0 Å². The number of rotatable bonds is 7. The normalized spacial score (nSPS) is 16.7. The van der Waals surface area contributed by atoms with Crippen molar-refractivity contribution in [3.05, 3.63) is 96.4 Å². The van der Waals surface area contributed by atoms with Crippen molar-refractivity contribution < 1.29 is 19.1 Å². The molecular formula is C29H29N5O4. The molecule has 194 valence electrons. The van der Waals surface area contributed by atoms with Crippen LogP contribution in [0.25, 0.3) is 11.1 Å². The number of carbonyl (C=O) groups excluding carboxylic acids is 2. The van der Waals surface area contributed by atoms with Crippen LogP contribution < -0.4 is 5.32 Å². The Morgan fingerprint density at radius 1 is 1.00 bits per heavy atom. The van der Waals surface area contributed by atoms with E-state index in [-0.39, 0.29) is 24.7 Å². The number of likely N-dealkylation sites (tertiary alicyclic amines) is 1. The number of anilines is 2. The quantitative estimate of drug-likeness (QED) is 0.336. The van der Waals surface area contributed by atoms with Gasteiger partial charge in [-0.3, -0.25) is 4.98 Å². The first-order valence-electron chi connectivity index (χ1n) is 12.4. The van der Waals surface area contributed by atoms with Crippen molar-refractivity contribution in [3.63, 3.8) is 0 Å². The molecule has 2 aromatic carbocycles. The molecule has 38 heavy (non-hydrogen) atoms. The highest BCUT2D eigenvalue weighted by Gasteiger charge is 2.37. The molecule has 0 unspecified atom stereocenters. The number of nitrogens with one attached hydrogen (secondary N) is 1. The molecule has 0 aliphatic carbocycles. The van der Waals surface area contributed by atoms with Crippen LogP contribution in [0.4, 0.5) is 16.3 Å². The molecule has 0 spiro atoms. The minimum atomic E-state index is -0.469. The van der Waals surface area contributed by atoms with E-state index < -0.39 is 5.97 Å². The van der Waals surface area contributed by atoms with Gasteiger partial charge in [-0.25, -0.2) is 14.3 Å². The van der Waals surface area contributed by atoms with Gasteiger partial charge in [-0.2, -0.15) is 5.10 Å². The van der Waals surface area contributed by atoms with Gasteiger partial charge >= 0.3 is 12.1 Å². The summed E-state index contributed by atoms with van der Waals surface area (Å²) in [5.74, 6) is 0.340. The summed E-state index contributed by atoms with van der Waals surface area (Å²) in [5.41, 5.74) is 3.63. The zero-order valence-corrected chi connectivity index (χ0v) is 21.3. The van der Waals surface area contributed by atoms with Crippen LogP contribution in [-0.2, 0) is 16.1 Å². The van der Waals surface area contributed by atoms with E-state index in [1.165, 1.54) is 7.11 Å². The van der Waals surface area contributed by atoms with Gasteiger partial charge in [0.1, 0.15) is 12.4 Å². The number of amides is 1. The van der Waals surface area contributed by atoms with Crippen molar-refractivity contribution in [1.82, 2.24) is 19.7 Å².